The number of halogens is 1. The van der Waals surface area contributed by atoms with Crippen LogP contribution in [0.4, 0.5) is 0 Å². The van der Waals surface area contributed by atoms with Crippen LogP contribution in [-0.4, -0.2) is 33.0 Å². The van der Waals surface area contributed by atoms with Crippen molar-refractivity contribution in [3.8, 4) is 17.2 Å². The summed E-state index contributed by atoms with van der Waals surface area (Å²) in [6.45, 7) is 0.0877. The number of aliphatic hydroxyl groups is 1. The second-order valence-corrected chi connectivity index (χ2v) is 4.09. The summed E-state index contributed by atoms with van der Waals surface area (Å²) in [5.74, 6) is 1.51. The zero-order valence-corrected chi connectivity index (χ0v) is 11.6. The van der Waals surface area contributed by atoms with Gasteiger partial charge in [-0.25, -0.2) is 0 Å². The Labute approximate surface area is 109 Å². The molecule has 0 saturated heterocycles. The summed E-state index contributed by atoms with van der Waals surface area (Å²) in [6, 6.07) is 1.65. The van der Waals surface area contributed by atoms with Crippen molar-refractivity contribution in [2.24, 2.45) is 5.73 Å². The average Bonchev–Trinajstić information content (AvgIpc) is 2.36. The number of aliphatic hydroxyl groups excluding tert-OH is 1. The molecule has 5 nitrogen and oxygen atoms in total. The van der Waals surface area contributed by atoms with Gasteiger partial charge in [-0.2, -0.15) is 0 Å². The molecule has 0 radical (unpaired) electrons. The third-order valence-electron chi connectivity index (χ3n) is 2.39. The summed E-state index contributed by atoms with van der Waals surface area (Å²) in [6.07, 6.45) is -0.834. The molecule has 0 aliphatic heterocycles. The van der Waals surface area contributed by atoms with Crippen LogP contribution in [0.1, 0.15) is 11.7 Å². The van der Waals surface area contributed by atoms with Crippen LogP contribution in [0.25, 0.3) is 0 Å². The molecule has 1 aromatic rings. The lowest BCUT2D eigenvalue weighted by molar-refractivity contribution is 0.180. The lowest BCUT2D eigenvalue weighted by Gasteiger charge is -2.19. The Kier molecular flexibility index (Phi) is 5.04. The Morgan fingerprint density at radius 3 is 2.24 bits per heavy atom. The largest absolute Gasteiger partial charge is 0.496 e. The van der Waals surface area contributed by atoms with Crippen LogP contribution >= 0.6 is 15.9 Å². The highest BCUT2D eigenvalue weighted by atomic mass is 79.9. The summed E-state index contributed by atoms with van der Waals surface area (Å²) in [5, 5.41) is 9.87. The molecule has 1 aromatic carbocycles. The normalized spacial score (nSPS) is 12.1. The quantitative estimate of drug-likeness (QED) is 0.861. The molecule has 0 aromatic heterocycles. The van der Waals surface area contributed by atoms with Gasteiger partial charge in [0.15, 0.2) is 11.5 Å². The maximum Gasteiger partial charge on any atom is 0.175 e. The van der Waals surface area contributed by atoms with Crippen molar-refractivity contribution in [1.29, 1.82) is 0 Å². The van der Waals surface area contributed by atoms with Crippen molar-refractivity contribution in [3.63, 3.8) is 0 Å². The smallest absolute Gasteiger partial charge is 0.175 e. The van der Waals surface area contributed by atoms with Crippen molar-refractivity contribution < 1.29 is 19.3 Å². The molecule has 1 unspecified atom stereocenters. The number of hydrogen-bond acceptors (Lipinski definition) is 5. The van der Waals surface area contributed by atoms with Crippen LogP contribution in [0.2, 0.25) is 0 Å². The van der Waals surface area contributed by atoms with Crippen molar-refractivity contribution in [3.05, 3.63) is 16.1 Å². The minimum Gasteiger partial charge on any atom is -0.496 e. The molecule has 96 valence electrons. The summed E-state index contributed by atoms with van der Waals surface area (Å²) in [4.78, 5) is 0. The summed E-state index contributed by atoms with van der Waals surface area (Å²) >= 11 is 3.37. The van der Waals surface area contributed by atoms with Gasteiger partial charge in [0.25, 0.3) is 0 Å². The predicted molar refractivity (Wildman–Crippen MR) is 67.8 cm³/mol. The fraction of sp³-hybridized carbons (Fsp3) is 0.455. The molecule has 0 spiro atoms. The molecule has 1 atom stereocenters. The number of nitrogens with two attached hydrogens (primary N) is 1. The molecule has 0 fully saturated rings. The van der Waals surface area contributed by atoms with Gasteiger partial charge in [-0.1, -0.05) is 0 Å². The fourth-order valence-corrected chi connectivity index (χ4v) is 2.36. The van der Waals surface area contributed by atoms with Crippen LogP contribution in [0.5, 0.6) is 17.2 Å². The number of hydrogen-bond donors (Lipinski definition) is 2. The minimum absolute atomic E-state index is 0.0877. The van der Waals surface area contributed by atoms with E-state index < -0.39 is 6.10 Å². The fourth-order valence-electron chi connectivity index (χ4n) is 1.54. The zero-order chi connectivity index (χ0) is 13.0. The molecular weight excluding hydrogens is 290 g/mol. The highest BCUT2D eigenvalue weighted by Crippen LogP contribution is 2.45. The van der Waals surface area contributed by atoms with Gasteiger partial charge < -0.3 is 25.1 Å². The van der Waals surface area contributed by atoms with E-state index in [1.54, 1.807) is 6.07 Å². The first-order valence-electron chi connectivity index (χ1n) is 4.97. The molecule has 0 bridgehead atoms. The van der Waals surface area contributed by atoms with E-state index in [9.17, 15) is 5.11 Å². The molecular formula is C11H16BrNO4. The molecule has 0 saturated carbocycles. The average molecular weight is 306 g/mol. The van der Waals surface area contributed by atoms with Gasteiger partial charge >= 0.3 is 0 Å². The second kappa shape index (κ2) is 6.09. The Bertz CT molecular complexity index is 398. The first kappa shape index (κ1) is 14.1. The van der Waals surface area contributed by atoms with E-state index in [0.29, 0.717) is 27.3 Å². The first-order valence-corrected chi connectivity index (χ1v) is 5.76. The highest BCUT2D eigenvalue weighted by molar-refractivity contribution is 9.10. The van der Waals surface area contributed by atoms with Gasteiger partial charge in [0.05, 0.1) is 31.9 Å². The van der Waals surface area contributed by atoms with E-state index in [4.69, 9.17) is 19.9 Å². The van der Waals surface area contributed by atoms with Crippen LogP contribution in [0.3, 0.4) is 0 Å². The van der Waals surface area contributed by atoms with E-state index in [0.717, 1.165) is 0 Å². The molecule has 0 aliphatic carbocycles. The highest BCUT2D eigenvalue weighted by Gasteiger charge is 2.22. The zero-order valence-electron chi connectivity index (χ0n) is 9.99. The van der Waals surface area contributed by atoms with Gasteiger partial charge in [-0.05, 0) is 15.9 Å². The predicted octanol–water partition coefficient (Wildman–Crippen LogP) is 1.47. The van der Waals surface area contributed by atoms with Crippen molar-refractivity contribution in [1.82, 2.24) is 0 Å². The topological polar surface area (TPSA) is 73.9 Å². The maximum absolute atomic E-state index is 9.87. The van der Waals surface area contributed by atoms with Gasteiger partial charge in [0, 0.05) is 18.2 Å². The Balaban J connectivity index is 3.46. The van der Waals surface area contributed by atoms with E-state index >= 15 is 0 Å². The molecule has 3 N–H and O–H groups in total. The van der Waals surface area contributed by atoms with Crippen LogP contribution in [0, 0.1) is 0 Å². The monoisotopic (exact) mass is 305 g/mol. The van der Waals surface area contributed by atoms with Crippen LogP contribution in [0.15, 0.2) is 10.5 Å². The SMILES string of the molecule is COc1cc(OC)c(C(O)CN)c(Br)c1OC. The summed E-state index contributed by atoms with van der Waals surface area (Å²) in [7, 11) is 4.57. The molecule has 17 heavy (non-hydrogen) atoms. The van der Waals surface area contributed by atoms with Gasteiger partial charge in [0.1, 0.15) is 5.75 Å². The maximum atomic E-state index is 9.87. The molecule has 1 rings (SSSR count). The first-order chi connectivity index (χ1) is 8.10. The van der Waals surface area contributed by atoms with Crippen molar-refractivity contribution in [2.75, 3.05) is 27.9 Å². The molecule has 0 aliphatic rings. The Morgan fingerprint density at radius 1 is 1.24 bits per heavy atom. The van der Waals surface area contributed by atoms with E-state index in [1.807, 2.05) is 0 Å². The van der Waals surface area contributed by atoms with Gasteiger partial charge in [-0.3, -0.25) is 0 Å². The van der Waals surface area contributed by atoms with Crippen LogP contribution < -0.4 is 19.9 Å². The lowest BCUT2D eigenvalue weighted by atomic mass is 10.1. The third-order valence-corrected chi connectivity index (χ3v) is 3.17. The van der Waals surface area contributed by atoms with E-state index in [1.165, 1.54) is 21.3 Å². The van der Waals surface area contributed by atoms with Crippen molar-refractivity contribution in [2.45, 2.75) is 6.10 Å². The number of rotatable bonds is 5. The third kappa shape index (κ3) is 2.65. The standard InChI is InChI=1S/C11H16BrNO4/c1-15-7-4-8(16-2)11(17-3)10(12)9(7)6(14)5-13/h4,6,14H,5,13H2,1-3H3. The Morgan fingerprint density at radius 2 is 1.82 bits per heavy atom. The lowest BCUT2D eigenvalue weighted by Crippen LogP contribution is -2.14. The van der Waals surface area contributed by atoms with E-state index in [2.05, 4.69) is 15.9 Å². The number of benzene rings is 1. The molecule has 0 amide bonds. The van der Waals surface area contributed by atoms with E-state index in [-0.39, 0.29) is 6.54 Å². The van der Waals surface area contributed by atoms with Gasteiger partial charge in [-0.15, -0.1) is 0 Å². The second-order valence-electron chi connectivity index (χ2n) is 3.29. The van der Waals surface area contributed by atoms with Crippen LogP contribution in [-0.2, 0) is 0 Å². The summed E-state index contributed by atoms with van der Waals surface area (Å²) in [5.41, 5.74) is 6.01. The Hall–Kier alpha value is -0.980. The van der Waals surface area contributed by atoms with Crippen molar-refractivity contribution >= 4 is 15.9 Å². The minimum atomic E-state index is -0.834. The van der Waals surface area contributed by atoms with Gasteiger partial charge in [0.2, 0.25) is 0 Å². The summed E-state index contributed by atoms with van der Waals surface area (Å²) < 4.78 is 16.2. The number of methoxy groups -OCH3 is 3. The number of ether oxygens (including phenoxy) is 3. The molecule has 0 heterocycles. The molecule has 6 heteroatoms.